The maximum Gasteiger partial charge on any atom is 0.407 e. The molecule has 12 heteroatoms. The first kappa shape index (κ1) is 31.0. The Balaban J connectivity index is 1.54. The number of ether oxygens (including phenoxy) is 4. The van der Waals surface area contributed by atoms with Crippen molar-refractivity contribution in [2.75, 3.05) is 45.8 Å². The molecule has 226 valence electrons. The van der Waals surface area contributed by atoms with Crippen LogP contribution in [0.1, 0.15) is 25.8 Å². The van der Waals surface area contributed by atoms with Gasteiger partial charge in [0.05, 0.1) is 49.0 Å². The molecule has 0 radical (unpaired) electrons. The quantitative estimate of drug-likeness (QED) is 0.321. The molecule has 1 amide bonds. The van der Waals surface area contributed by atoms with Crippen molar-refractivity contribution in [1.82, 2.24) is 9.62 Å². The van der Waals surface area contributed by atoms with E-state index in [9.17, 15) is 18.3 Å². The van der Waals surface area contributed by atoms with Gasteiger partial charge in [-0.25, -0.2) is 13.2 Å². The van der Waals surface area contributed by atoms with E-state index in [0.717, 1.165) is 12.0 Å². The summed E-state index contributed by atoms with van der Waals surface area (Å²) in [5.74, 6) is 0.330. The fraction of sp³-hybridized carbons (Fsp3) is 0.552. The number of methoxy groups -OCH3 is 1. The van der Waals surface area contributed by atoms with Crippen LogP contribution in [0.3, 0.4) is 0 Å². The summed E-state index contributed by atoms with van der Waals surface area (Å²) in [6.45, 7) is 4.53. The molecule has 4 rings (SSSR count). The van der Waals surface area contributed by atoms with E-state index in [-0.39, 0.29) is 49.1 Å². The first-order valence-corrected chi connectivity index (χ1v) is 15.3. The van der Waals surface area contributed by atoms with Gasteiger partial charge in [-0.05, 0) is 36.5 Å². The molecule has 2 fully saturated rings. The van der Waals surface area contributed by atoms with Crippen LogP contribution in [0.4, 0.5) is 10.5 Å². The van der Waals surface area contributed by atoms with E-state index >= 15 is 0 Å². The van der Waals surface area contributed by atoms with Crippen LogP contribution in [0.2, 0.25) is 0 Å². The molecule has 5 atom stereocenters. The highest BCUT2D eigenvalue weighted by Gasteiger charge is 2.44. The summed E-state index contributed by atoms with van der Waals surface area (Å²) < 4.78 is 51.0. The summed E-state index contributed by atoms with van der Waals surface area (Å²) in [5.41, 5.74) is 1.52. The molecule has 5 unspecified atom stereocenters. The van der Waals surface area contributed by atoms with Crippen LogP contribution in [-0.4, -0.2) is 88.9 Å². The molecule has 41 heavy (non-hydrogen) atoms. The topological polar surface area (TPSA) is 136 Å². The molecule has 2 aliphatic rings. The Morgan fingerprint density at radius 1 is 1.15 bits per heavy atom. The van der Waals surface area contributed by atoms with Crippen molar-refractivity contribution in [2.45, 2.75) is 56.1 Å². The molecule has 0 aliphatic carbocycles. The molecule has 2 aliphatic heterocycles. The van der Waals surface area contributed by atoms with Gasteiger partial charge in [0.25, 0.3) is 0 Å². The second-order valence-electron chi connectivity index (χ2n) is 10.8. The minimum atomic E-state index is -4.02. The van der Waals surface area contributed by atoms with Crippen LogP contribution >= 0.6 is 0 Å². The third-order valence-corrected chi connectivity index (χ3v) is 9.18. The van der Waals surface area contributed by atoms with E-state index in [1.165, 1.54) is 23.5 Å². The van der Waals surface area contributed by atoms with Crippen molar-refractivity contribution < 1.29 is 37.3 Å². The summed E-state index contributed by atoms with van der Waals surface area (Å²) in [7, 11) is -0.830. The third kappa shape index (κ3) is 7.69. The summed E-state index contributed by atoms with van der Waals surface area (Å²) in [4.78, 5) is 13.1. The lowest BCUT2D eigenvalue weighted by Crippen LogP contribution is -2.51. The van der Waals surface area contributed by atoms with Crippen molar-refractivity contribution in [3.05, 3.63) is 54.1 Å². The summed E-state index contributed by atoms with van der Waals surface area (Å²) in [6, 6.07) is 13.2. The van der Waals surface area contributed by atoms with Gasteiger partial charge in [-0.2, -0.15) is 4.31 Å². The number of alkyl carbamates (subject to hydrolysis) is 1. The minimum Gasteiger partial charge on any atom is -0.495 e. The number of sulfonamides is 1. The number of nitrogens with zero attached hydrogens (tertiary/aromatic N) is 1. The van der Waals surface area contributed by atoms with E-state index in [0.29, 0.717) is 18.0 Å². The maximum absolute atomic E-state index is 13.8. The number of amides is 1. The Morgan fingerprint density at radius 2 is 1.90 bits per heavy atom. The highest BCUT2D eigenvalue weighted by molar-refractivity contribution is 7.89. The molecular formula is C29H41N3O8S. The van der Waals surface area contributed by atoms with Crippen molar-refractivity contribution in [3.8, 4) is 5.75 Å². The van der Waals surface area contributed by atoms with Crippen molar-refractivity contribution in [3.63, 3.8) is 0 Å². The highest BCUT2D eigenvalue weighted by atomic mass is 32.2. The molecule has 11 nitrogen and oxygen atoms in total. The van der Waals surface area contributed by atoms with Gasteiger partial charge in [-0.3, -0.25) is 0 Å². The number of fused-ring (bicyclic) bond motifs is 1. The van der Waals surface area contributed by atoms with Gasteiger partial charge in [-0.15, -0.1) is 0 Å². The fourth-order valence-electron chi connectivity index (χ4n) is 5.22. The largest absolute Gasteiger partial charge is 0.495 e. The van der Waals surface area contributed by atoms with E-state index in [1.54, 1.807) is 13.1 Å². The fourth-order valence-corrected chi connectivity index (χ4v) is 6.86. The first-order chi connectivity index (χ1) is 19.6. The minimum absolute atomic E-state index is 0.0232. The Morgan fingerprint density at radius 3 is 2.59 bits per heavy atom. The van der Waals surface area contributed by atoms with Crippen LogP contribution < -0.4 is 15.4 Å². The zero-order valence-electron chi connectivity index (χ0n) is 24.0. The van der Waals surface area contributed by atoms with Crippen LogP contribution in [0.15, 0.2) is 53.4 Å². The summed E-state index contributed by atoms with van der Waals surface area (Å²) in [6.07, 6.45) is -1.75. The number of carbonyl (C=O) groups excluding carboxylic acids is 1. The molecule has 0 saturated carbocycles. The van der Waals surface area contributed by atoms with Crippen molar-refractivity contribution >= 4 is 21.8 Å². The Bertz CT molecular complexity index is 1260. The van der Waals surface area contributed by atoms with Gasteiger partial charge in [0.15, 0.2) is 6.29 Å². The summed E-state index contributed by atoms with van der Waals surface area (Å²) in [5, 5.41) is 17.2. The second kappa shape index (κ2) is 13.8. The van der Waals surface area contributed by atoms with E-state index < -0.39 is 34.4 Å². The molecular weight excluding hydrogens is 550 g/mol. The van der Waals surface area contributed by atoms with Gasteiger partial charge in [0.2, 0.25) is 10.0 Å². The maximum atomic E-state index is 13.8. The van der Waals surface area contributed by atoms with Gasteiger partial charge in [-0.1, -0.05) is 44.2 Å². The number of aliphatic hydroxyl groups excluding tert-OH is 1. The van der Waals surface area contributed by atoms with Gasteiger partial charge in [0, 0.05) is 26.2 Å². The van der Waals surface area contributed by atoms with E-state index in [1.807, 2.05) is 44.2 Å². The number of hydrogen-bond acceptors (Lipinski definition) is 9. The van der Waals surface area contributed by atoms with Crippen LogP contribution in [-0.2, 0) is 30.7 Å². The zero-order chi connectivity index (χ0) is 29.6. The molecule has 0 aromatic heterocycles. The number of aliphatic hydroxyl groups is 1. The average Bonchev–Trinajstić information content (AvgIpc) is 3.57. The van der Waals surface area contributed by atoms with Crippen molar-refractivity contribution in [1.29, 1.82) is 0 Å². The lowest BCUT2D eigenvalue weighted by atomic mass is 10.0. The molecule has 2 heterocycles. The number of rotatable bonds is 13. The summed E-state index contributed by atoms with van der Waals surface area (Å²) >= 11 is 0. The first-order valence-electron chi connectivity index (χ1n) is 13.9. The number of benzene rings is 2. The van der Waals surface area contributed by atoms with Gasteiger partial charge < -0.3 is 34.7 Å². The second-order valence-corrected chi connectivity index (χ2v) is 12.7. The molecule has 2 aromatic rings. The predicted octanol–water partition coefficient (Wildman–Crippen LogP) is 2.84. The average molecular weight is 592 g/mol. The normalized spacial score (nSPS) is 21.9. The predicted molar refractivity (Wildman–Crippen MR) is 153 cm³/mol. The van der Waals surface area contributed by atoms with E-state index in [2.05, 4.69) is 10.6 Å². The van der Waals surface area contributed by atoms with E-state index in [4.69, 9.17) is 18.9 Å². The number of carbonyl (C=O) groups is 1. The standard InChI is InChI=1S/C29H41N3O8S/c1-19(2)16-32(41(35,36)21-10-11-23(30-3)26(15-21)37-4)17-25(33)24(14-20-8-6-5-7-9-20)31-29(34)40-27-18-39-28-22(27)12-13-38-28/h5-11,15,19,22,24-25,27-28,30,33H,12-14,16-18H2,1-4H3,(H,31,34). The van der Waals surface area contributed by atoms with Gasteiger partial charge in [0.1, 0.15) is 11.9 Å². The Kier molecular flexibility index (Phi) is 10.5. The van der Waals surface area contributed by atoms with Crippen molar-refractivity contribution in [2.24, 2.45) is 11.8 Å². The lowest BCUT2D eigenvalue weighted by molar-refractivity contribution is -0.0907. The number of anilines is 1. The smallest absolute Gasteiger partial charge is 0.407 e. The molecule has 3 N–H and O–H groups in total. The monoisotopic (exact) mass is 591 g/mol. The SMILES string of the molecule is CNc1ccc(S(=O)(=O)N(CC(C)C)CC(O)C(Cc2ccccc2)NC(=O)OC2COC3OCCC23)cc1OC. The zero-order valence-corrected chi connectivity index (χ0v) is 24.8. The Hall–Kier alpha value is -2.90. The lowest BCUT2D eigenvalue weighted by Gasteiger charge is -2.31. The number of nitrogens with one attached hydrogen (secondary N) is 2. The molecule has 0 spiro atoms. The molecule has 2 saturated heterocycles. The van der Waals surface area contributed by atoms with Gasteiger partial charge >= 0.3 is 6.09 Å². The highest BCUT2D eigenvalue weighted by Crippen LogP contribution is 2.33. The third-order valence-electron chi connectivity index (χ3n) is 7.35. The number of hydrogen-bond donors (Lipinski definition) is 3. The molecule has 2 aromatic carbocycles. The molecule has 0 bridgehead atoms. The van der Waals surface area contributed by atoms with Crippen LogP contribution in [0.25, 0.3) is 0 Å². The van der Waals surface area contributed by atoms with Crippen LogP contribution in [0, 0.1) is 11.8 Å². The van der Waals surface area contributed by atoms with Crippen LogP contribution in [0.5, 0.6) is 5.75 Å². The Labute approximate surface area is 242 Å².